The molecule has 0 unspecified atom stereocenters. The predicted molar refractivity (Wildman–Crippen MR) is 125 cm³/mol. The number of carbonyl (C=O) groups is 3. The van der Waals surface area contributed by atoms with E-state index in [1.54, 1.807) is 48.4 Å². The number of amides is 1. The highest BCUT2D eigenvalue weighted by molar-refractivity contribution is 5.99. The van der Waals surface area contributed by atoms with Crippen LogP contribution in [0.5, 0.6) is 5.75 Å². The normalized spacial score (nSPS) is 17.5. The Labute approximate surface area is 194 Å². The van der Waals surface area contributed by atoms with Gasteiger partial charge in [-0.25, -0.2) is 0 Å². The first-order valence-electron chi connectivity index (χ1n) is 11.7. The second-order valence-electron chi connectivity index (χ2n) is 8.91. The van der Waals surface area contributed by atoms with Gasteiger partial charge in [-0.3, -0.25) is 19.4 Å². The first kappa shape index (κ1) is 23.1. The first-order chi connectivity index (χ1) is 16.0. The van der Waals surface area contributed by atoms with Gasteiger partial charge >= 0.3 is 0 Å². The molecule has 2 aromatic rings. The van der Waals surface area contributed by atoms with Crippen LogP contribution in [0.1, 0.15) is 63.3 Å². The zero-order valence-electron chi connectivity index (χ0n) is 19.1. The summed E-state index contributed by atoms with van der Waals surface area (Å²) >= 11 is 0. The number of benzene rings is 1. The number of ketones is 2. The largest absolute Gasteiger partial charge is 0.497 e. The molecule has 7 nitrogen and oxygen atoms in total. The molecular formula is C26H31N3O4. The maximum atomic E-state index is 12.9. The number of Topliss-reactive ketones (excluding diaryl/α,β-unsaturated/α-hetero) is 2. The number of nitrogens with zero attached hydrogens (tertiary/aromatic N) is 2. The molecule has 174 valence electrons. The van der Waals surface area contributed by atoms with E-state index in [-0.39, 0.29) is 23.4 Å². The Bertz CT molecular complexity index is 974. The minimum atomic E-state index is -0.150. The van der Waals surface area contributed by atoms with Crippen LogP contribution in [-0.4, -0.2) is 60.6 Å². The summed E-state index contributed by atoms with van der Waals surface area (Å²) in [7, 11) is 1.60. The average molecular weight is 450 g/mol. The molecular weight excluding hydrogens is 418 g/mol. The van der Waals surface area contributed by atoms with Crippen LogP contribution in [0.25, 0.3) is 0 Å². The Kier molecular flexibility index (Phi) is 7.50. The molecule has 2 aliphatic heterocycles. The van der Waals surface area contributed by atoms with Gasteiger partial charge in [-0.05, 0) is 81.1 Å². The van der Waals surface area contributed by atoms with Gasteiger partial charge in [-0.15, -0.1) is 0 Å². The lowest BCUT2D eigenvalue weighted by Crippen LogP contribution is -2.40. The van der Waals surface area contributed by atoms with E-state index in [1.165, 1.54) is 6.20 Å². The Hall–Kier alpha value is -3.06. The molecule has 0 spiro atoms. The maximum Gasteiger partial charge on any atom is 0.272 e. The van der Waals surface area contributed by atoms with Gasteiger partial charge in [0.2, 0.25) is 0 Å². The average Bonchev–Trinajstić information content (AvgIpc) is 2.88. The quantitative estimate of drug-likeness (QED) is 0.652. The molecule has 2 aliphatic rings. The molecule has 33 heavy (non-hydrogen) atoms. The summed E-state index contributed by atoms with van der Waals surface area (Å²) in [5, 5.41) is 3.31. The van der Waals surface area contributed by atoms with Crippen molar-refractivity contribution in [3.8, 4) is 5.75 Å². The molecule has 0 aliphatic carbocycles. The Balaban J connectivity index is 1.29. The number of rotatable bonds is 7. The van der Waals surface area contributed by atoms with Crippen molar-refractivity contribution in [2.75, 3.05) is 33.3 Å². The van der Waals surface area contributed by atoms with Gasteiger partial charge in [0.1, 0.15) is 11.4 Å². The fourth-order valence-corrected chi connectivity index (χ4v) is 4.65. The number of likely N-dealkylation sites (tertiary alicyclic amines) is 1. The summed E-state index contributed by atoms with van der Waals surface area (Å²) in [6.07, 6.45) is 5.36. The van der Waals surface area contributed by atoms with Crippen molar-refractivity contribution >= 4 is 17.5 Å². The minimum absolute atomic E-state index is 0.0891. The van der Waals surface area contributed by atoms with Crippen LogP contribution in [-0.2, 0) is 0 Å². The van der Waals surface area contributed by atoms with Crippen molar-refractivity contribution in [2.24, 2.45) is 11.8 Å². The van der Waals surface area contributed by atoms with Gasteiger partial charge in [-0.1, -0.05) is 0 Å². The van der Waals surface area contributed by atoms with Crippen molar-refractivity contribution in [1.29, 1.82) is 0 Å². The third-order valence-electron chi connectivity index (χ3n) is 6.76. The second-order valence-corrected chi connectivity index (χ2v) is 8.91. The number of methoxy groups -OCH3 is 1. The van der Waals surface area contributed by atoms with E-state index >= 15 is 0 Å². The zero-order valence-corrected chi connectivity index (χ0v) is 19.1. The first-order valence-corrected chi connectivity index (χ1v) is 11.7. The molecule has 0 radical (unpaired) electrons. The van der Waals surface area contributed by atoms with Crippen LogP contribution >= 0.6 is 0 Å². The maximum absolute atomic E-state index is 12.9. The number of carbonyl (C=O) groups excluding carboxylic acids is 3. The van der Waals surface area contributed by atoms with E-state index < -0.39 is 0 Å². The number of hydrogen-bond donors (Lipinski definition) is 1. The highest BCUT2D eigenvalue weighted by atomic mass is 16.5. The summed E-state index contributed by atoms with van der Waals surface area (Å²) in [5.41, 5.74) is 1.58. The zero-order chi connectivity index (χ0) is 23.2. The second kappa shape index (κ2) is 10.7. The summed E-state index contributed by atoms with van der Waals surface area (Å²) in [6, 6.07) is 10.5. The lowest BCUT2D eigenvalue weighted by atomic mass is 9.88. The van der Waals surface area contributed by atoms with Crippen molar-refractivity contribution in [3.05, 3.63) is 59.4 Å². The molecule has 1 aromatic carbocycles. The molecule has 2 fully saturated rings. The summed E-state index contributed by atoms with van der Waals surface area (Å²) in [5.74, 6) is 1.10. The minimum Gasteiger partial charge on any atom is -0.497 e. The Morgan fingerprint density at radius 2 is 1.64 bits per heavy atom. The number of aromatic nitrogens is 1. The van der Waals surface area contributed by atoms with Gasteiger partial charge in [0.25, 0.3) is 5.91 Å². The predicted octanol–water partition coefficient (Wildman–Crippen LogP) is 3.40. The lowest BCUT2D eigenvalue weighted by Gasteiger charge is -2.31. The summed E-state index contributed by atoms with van der Waals surface area (Å²) in [4.78, 5) is 44.3. The van der Waals surface area contributed by atoms with Crippen molar-refractivity contribution in [3.63, 3.8) is 0 Å². The van der Waals surface area contributed by atoms with Crippen LogP contribution in [0, 0.1) is 11.8 Å². The van der Waals surface area contributed by atoms with E-state index in [0.29, 0.717) is 55.1 Å². The number of pyridine rings is 1. The fraction of sp³-hybridized carbons (Fsp3) is 0.462. The van der Waals surface area contributed by atoms with Gasteiger partial charge < -0.3 is 15.0 Å². The van der Waals surface area contributed by atoms with E-state index in [0.717, 1.165) is 31.7 Å². The number of hydrogen-bond acceptors (Lipinski definition) is 6. The van der Waals surface area contributed by atoms with Crippen molar-refractivity contribution < 1.29 is 19.1 Å². The SMILES string of the molecule is COc1ccc(C(=O)C2CCN(C(=O)c3ccc(C(=O)CC4CCNCC4)cn3)CC2)cc1. The van der Waals surface area contributed by atoms with Crippen molar-refractivity contribution in [2.45, 2.75) is 32.1 Å². The molecule has 1 aromatic heterocycles. The number of nitrogens with one attached hydrogen (secondary N) is 1. The summed E-state index contributed by atoms with van der Waals surface area (Å²) in [6.45, 7) is 2.96. The highest BCUT2D eigenvalue weighted by Gasteiger charge is 2.29. The van der Waals surface area contributed by atoms with Crippen molar-refractivity contribution in [1.82, 2.24) is 15.2 Å². The molecule has 1 amide bonds. The summed E-state index contributed by atoms with van der Waals surface area (Å²) < 4.78 is 5.15. The third-order valence-corrected chi connectivity index (χ3v) is 6.76. The molecule has 0 atom stereocenters. The van der Waals surface area contributed by atoms with Crippen LogP contribution in [0.3, 0.4) is 0 Å². The standard InChI is InChI=1S/C26H31N3O4/c1-33-22-5-2-19(3-6-22)25(31)20-10-14-29(15-11-20)26(32)23-7-4-21(17-28-23)24(30)16-18-8-12-27-13-9-18/h2-7,17-18,20,27H,8-16H2,1H3. The van der Waals surface area contributed by atoms with Gasteiger partial charge in [0.15, 0.2) is 11.6 Å². The third kappa shape index (κ3) is 5.66. The van der Waals surface area contributed by atoms with E-state index in [1.807, 2.05) is 0 Å². The molecule has 2 saturated heterocycles. The van der Waals surface area contributed by atoms with Crippen LogP contribution < -0.4 is 10.1 Å². The van der Waals surface area contributed by atoms with Gasteiger partial charge in [0, 0.05) is 42.8 Å². The van der Waals surface area contributed by atoms with Crippen LogP contribution in [0.15, 0.2) is 42.6 Å². The Morgan fingerprint density at radius 3 is 2.24 bits per heavy atom. The molecule has 7 heteroatoms. The molecule has 0 saturated carbocycles. The van der Waals surface area contributed by atoms with E-state index in [9.17, 15) is 14.4 Å². The Morgan fingerprint density at radius 1 is 0.970 bits per heavy atom. The molecule has 0 bridgehead atoms. The smallest absolute Gasteiger partial charge is 0.272 e. The monoisotopic (exact) mass is 449 g/mol. The van der Waals surface area contributed by atoms with Crippen LogP contribution in [0.4, 0.5) is 0 Å². The molecule has 1 N–H and O–H groups in total. The topological polar surface area (TPSA) is 88.6 Å². The van der Waals surface area contributed by atoms with Gasteiger partial charge in [0.05, 0.1) is 7.11 Å². The number of ether oxygens (including phenoxy) is 1. The highest BCUT2D eigenvalue weighted by Crippen LogP contribution is 2.24. The van der Waals surface area contributed by atoms with E-state index in [2.05, 4.69) is 10.3 Å². The van der Waals surface area contributed by atoms with Crippen LogP contribution in [0.2, 0.25) is 0 Å². The number of piperidine rings is 2. The van der Waals surface area contributed by atoms with Gasteiger partial charge in [-0.2, -0.15) is 0 Å². The van der Waals surface area contributed by atoms with E-state index in [4.69, 9.17) is 4.74 Å². The lowest BCUT2D eigenvalue weighted by molar-refractivity contribution is 0.0645. The molecule has 3 heterocycles. The fourth-order valence-electron chi connectivity index (χ4n) is 4.65. The molecule has 4 rings (SSSR count).